The van der Waals surface area contributed by atoms with Crippen LogP contribution in [-0.4, -0.2) is 12.3 Å². The highest BCUT2D eigenvalue weighted by molar-refractivity contribution is 5.77. The van der Waals surface area contributed by atoms with Crippen LogP contribution in [0, 0.1) is 0 Å². The molecule has 0 fully saturated rings. The number of halogens is 1. The summed E-state index contributed by atoms with van der Waals surface area (Å²) >= 11 is 0. The number of aromatic nitrogens is 1. The van der Waals surface area contributed by atoms with Crippen molar-refractivity contribution in [3.63, 3.8) is 0 Å². The van der Waals surface area contributed by atoms with Gasteiger partial charge in [-0.2, -0.15) is 0 Å². The summed E-state index contributed by atoms with van der Waals surface area (Å²) in [5, 5.41) is 3.62. The second-order valence-electron chi connectivity index (χ2n) is 4.49. The lowest BCUT2D eigenvalue weighted by Gasteiger charge is -2.17. The molecule has 2 rings (SSSR count). The van der Waals surface area contributed by atoms with E-state index in [0.717, 1.165) is 0 Å². The monoisotopic (exact) mass is 250 g/mol. The molecule has 96 valence electrons. The molecule has 5 heteroatoms. The third kappa shape index (κ3) is 2.16. The summed E-state index contributed by atoms with van der Waals surface area (Å²) in [5.74, 6) is 0.778. The largest absolute Gasteiger partial charge is 0.496 e. The van der Waals surface area contributed by atoms with Crippen molar-refractivity contribution >= 4 is 5.88 Å². The van der Waals surface area contributed by atoms with Gasteiger partial charge in [0, 0.05) is 5.56 Å². The average molecular weight is 250 g/mol. The molecule has 0 amide bonds. The van der Waals surface area contributed by atoms with Gasteiger partial charge in [-0.1, -0.05) is 11.2 Å². The fraction of sp³-hybridized carbons (Fsp3) is 0.308. The first-order valence-corrected chi connectivity index (χ1v) is 5.51. The van der Waals surface area contributed by atoms with Crippen molar-refractivity contribution in [2.24, 2.45) is 0 Å². The minimum Gasteiger partial charge on any atom is -0.496 e. The van der Waals surface area contributed by atoms with Crippen molar-refractivity contribution in [3.05, 3.63) is 30.0 Å². The van der Waals surface area contributed by atoms with E-state index in [9.17, 15) is 4.39 Å². The average Bonchev–Trinajstić information content (AvgIpc) is 2.73. The predicted molar refractivity (Wildman–Crippen MR) is 67.0 cm³/mol. The number of rotatable bonds is 3. The van der Waals surface area contributed by atoms with Crippen molar-refractivity contribution in [3.8, 4) is 16.9 Å². The van der Waals surface area contributed by atoms with E-state index in [0.29, 0.717) is 22.4 Å². The Balaban J connectivity index is 2.61. The lowest BCUT2D eigenvalue weighted by atomic mass is 9.95. The summed E-state index contributed by atoms with van der Waals surface area (Å²) in [4.78, 5) is 0. The van der Waals surface area contributed by atoms with E-state index < -0.39 is 5.67 Å². The van der Waals surface area contributed by atoms with Gasteiger partial charge in [-0.3, -0.25) is 0 Å². The molecule has 0 radical (unpaired) electrons. The zero-order chi connectivity index (χ0) is 13.3. The van der Waals surface area contributed by atoms with Crippen LogP contribution in [0.15, 0.2) is 28.9 Å². The lowest BCUT2D eigenvalue weighted by molar-refractivity contribution is 0.221. The van der Waals surface area contributed by atoms with Gasteiger partial charge in [0.25, 0.3) is 0 Å². The van der Waals surface area contributed by atoms with Crippen LogP contribution < -0.4 is 10.5 Å². The summed E-state index contributed by atoms with van der Waals surface area (Å²) in [7, 11) is 1.54. The summed E-state index contributed by atoms with van der Waals surface area (Å²) in [6, 6.07) is 5.09. The Morgan fingerprint density at radius 2 is 2.06 bits per heavy atom. The zero-order valence-corrected chi connectivity index (χ0v) is 10.5. The second-order valence-corrected chi connectivity index (χ2v) is 4.49. The number of alkyl halides is 1. The van der Waals surface area contributed by atoms with Crippen molar-refractivity contribution < 1.29 is 13.7 Å². The maximum Gasteiger partial charge on any atom is 0.230 e. The van der Waals surface area contributed by atoms with Crippen LogP contribution in [0.3, 0.4) is 0 Å². The molecule has 0 aliphatic rings. The molecular formula is C13H15FN2O2. The summed E-state index contributed by atoms with van der Waals surface area (Å²) in [5.41, 5.74) is 6.04. The molecule has 0 unspecified atom stereocenters. The third-order valence-corrected chi connectivity index (χ3v) is 2.77. The minimum atomic E-state index is -1.44. The van der Waals surface area contributed by atoms with Crippen molar-refractivity contribution in [1.29, 1.82) is 0 Å². The molecule has 4 nitrogen and oxygen atoms in total. The van der Waals surface area contributed by atoms with E-state index >= 15 is 0 Å². The summed E-state index contributed by atoms with van der Waals surface area (Å²) in [6.45, 7) is 2.99. The highest BCUT2D eigenvalue weighted by atomic mass is 19.1. The molecule has 0 bridgehead atoms. The Morgan fingerprint density at radius 1 is 1.33 bits per heavy atom. The van der Waals surface area contributed by atoms with E-state index in [4.69, 9.17) is 15.0 Å². The van der Waals surface area contributed by atoms with E-state index in [2.05, 4.69) is 5.16 Å². The second kappa shape index (κ2) is 4.33. The highest BCUT2D eigenvalue weighted by Crippen LogP contribution is 2.37. The first kappa shape index (κ1) is 12.4. The van der Waals surface area contributed by atoms with Gasteiger partial charge in [0.05, 0.1) is 18.9 Å². The molecule has 0 saturated heterocycles. The Bertz CT molecular complexity index is 558. The van der Waals surface area contributed by atoms with E-state index in [1.807, 2.05) is 0 Å². The number of methoxy groups -OCH3 is 1. The summed E-state index contributed by atoms with van der Waals surface area (Å²) in [6.07, 6.45) is 1.49. The van der Waals surface area contributed by atoms with Gasteiger partial charge in [-0.25, -0.2) is 4.39 Å². The number of nitrogen functional groups attached to an aromatic ring is 1. The topological polar surface area (TPSA) is 61.3 Å². The van der Waals surface area contributed by atoms with E-state index in [-0.39, 0.29) is 5.88 Å². The molecule has 1 aromatic heterocycles. The molecule has 2 aromatic rings. The zero-order valence-electron chi connectivity index (χ0n) is 10.5. The highest BCUT2D eigenvalue weighted by Gasteiger charge is 2.22. The van der Waals surface area contributed by atoms with Crippen molar-refractivity contribution in [2.45, 2.75) is 19.5 Å². The maximum atomic E-state index is 14.0. The van der Waals surface area contributed by atoms with Crippen LogP contribution in [-0.2, 0) is 5.67 Å². The number of hydrogen-bond acceptors (Lipinski definition) is 4. The first-order chi connectivity index (χ1) is 8.43. The molecule has 0 spiro atoms. The maximum absolute atomic E-state index is 14.0. The molecule has 0 atom stereocenters. The normalized spacial score (nSPS) is 11.6. The number of nitrogens with zero attached hydrogens (tertiary/aromatic N) is 1. The van der Waals surface area contributed by atoms with Crippen LogP contribution in [0.1, 0.15) is 19.4 Å². The number of ether oxygens (including phenoxy) is 1. The fourth-order valence-electron chi connectivity index (χ4n) is 1.74. The van der Waals surface area contributed by atoms with Gasteiger partial charge >= 0.3 is 0 Å². The third-order valence-electron chi connectivity index (χ3n) is 2.77. The number of benzene rings is 1. The first-order valence-electron chi connectivity index (χ1n) is 5.51. The standard InChI is InChI=1S/C13H15FN2O2/c1-13(2,14)8-4-5-11(17-3)9(6-8)10-7-16-18-12(10)15/h4-7H,15H2,1-3H3. The number of nitrogens with two attached hydrogens (primary N) is 1. The Morgan fingerprint density at radius 3 is 2.56 bits per heavy atom. The van der Waals surface area contributed by atoms with Gasteiger partial charge in [0.2, 0.25) is 5.88 Å². The molecule has 0 saturated carbocycles. The molecule has 1 heterocycles. The molecule has 0 aliphatic carbocycles. The molecule has 0 aliphatic heterocycles. The SMILES string of the molecule is COc1ccc(C(C)(C)F)cc1-c1cnoc1N. The fourth-order valence-corrected chi connectivity index (χ4v) is 1.74. The van der Waals surface area contributed by atoms with Crippen LogP contribution >= 0.6 is 0 Å². The van der Waals surface area contributed by atoms with Crippen molar-refractivity contribution in [1.82, 2.24) is 5.16 Å². The minimum absolute atomic E-state index is 0.183. The van der Waals surface area contributed by atoms with Crippen LogP contribution in [0.5, 0.6) is 5.75 Å². The number of hydrogen-bond donors (Lipinski definition) is 1. The quantitative estimate of drug-likeness (QED) is 0.909. The number of anilines is 1. The van der Waals surface area contributed by atoms with Gasteiger partial charge in [-0.05, 0) is 31.5 Å². The van der Waals surface area contributed by atoms with Crippen LogP contribution in [0.4, 0.5) is 10.3 Å². The Labute approximate surface area is 105 Å². The predicted octanol–water partition coefficient (Wildman–Crippen LogP) is 3.14. The molecule has 18 heavy (non-hydrogen) atoms. The van der Waals surface area contributed by atoms with E-state index in [1.54, 1.807) is 25.3 Å². The molecular weight excluding hydrogens is 235 g/mol. The van der Waals surface area contributed by atoms with E-state index in [1.165, 1.54) is 20.0 Å². The Hall–Kier alpha value is -2.04. The van der Waals surface area contributed by atoms with Crippen LogP contribution in [0.2, 0.25) is 0 Å². The van der Waals surface area contributed by atoms with Gasteiger partial charge < -0.3 is 15.0 Å². The van der Waals surface area contributed by atoms with Gasteiger partial charge in [0.1, 0.15) is 11.4 Å². The summed E-state index contributed by atoms with van der Waals surface area (Å²) < 4.78 is 24.0. The molecule has 2 N–H and O–H groups in total. The Kier molecular flexibility index (Phi) is 2.98. The van der Waals surface area contributed by atoms with Crippen LogP contribution in [0.25, 0.3) is 11.1 Å². The van der Waals surface area contributed by atoms with Crippen molar-refractivity contribution in [2.75, 3.05) is 12.8 Å². The van der Waals surface area contributed by atoms with Gasteiger partial charge in [-0.15, -0.1) is 0 Å². The smallest absolute Gasteiger partial charge is 0.230 e. The van der Waals surface area contributed by atoms with Gasteiger partial charge in [0.15, 0.2) is 0 Å². The lowest BCUT2D eigenvalue weighted by Crippen LogP contribution is -2.09. The molecule has 1 aromatic carbocycles.